The van der Waals surface area contributed by atoms with Crippen LogP contribution in [0.25, 0.3) is 0 Å². The van der Waals surface area contributed by atoms with Gasteiger partial charge in [-0.05, 0) is 7.05 Å². The predicted octanol–water partition coefficient (Wildman–Crippen LogP) is -1.19. The van der Waals surface area contributed by atoms with E-state index in [1.54, 1.807) is 4.90 Å². The Hall–Kier alpha value is -0.620. The second-order valence-electron chi connectivity index (χ2n) is 3.75. The quantitative estimate of drug-likeness (QED) is 0.587. The highest BCUT2D eigenvalue weighted by Crippen LogP contribution is 2.00. The highest BCUT2D eigenvalue weighted by Gasteiger charge is 2.21. The molecular weight excluding hydrogens is 204 g/mol. The Morgan fingerprint density at radius 1 is 1.21 bits per heavy atom. The molecule has 1 fully saturated rings. The summed E-state index contributed by atoms with van der Waals surface area (Å²) in [5, 5.41) is 0. The van der Waals surface area contributed by atoms with Crippen LogP contribution in [-0.2, 0) is 14.6 Å². The number of carbonyl (C=O) groups is 1. The standard InChI is InChI=1S/C8H16N2O3S/c1-9-3-5-10(6-4-9)8(11)7-14(2,12)13/h3-7H2,1-2H3. The Kier molecular flexibility index (Phi) is 3.49. The number of carbonyl (C=O) groups excluding carboxylic acids is 1. The molecule has 0 unspecified atom stereocenters. The first-order valence-corrected chi connectivity index (χ1v) is 6.58. The molecular formula is C8H16N2O3S. The molecule has 82 valence electrons. The molecule has 1 amide bonds. The van der Waals surface area contributed by atoms with E-state index in [2.05, 4.69) is 4.90 Å². The van der Waals surface area contributed by atoms with Crippen LogP contribution in [0.2, 0.25) is 0 Å². The predicted molar refractivity (Wildman–Crippen MR) is 53.8 cm³/mol. The summed E-state index contributed by atoms with van der Waals surface area (Å²) in [6.07, 6.45) is 1.08. The fourth-order valence-electron chi connectivity index (χ4n) is 1.37. The van der Waals surface area contributed by atoms with Crippen LogP contribution in [0.4, 0.5) is 0 Å². The van der Waals surface area contributed by atoms with Crippen LogP contribution >= 0.6 is 0 Å². The lowest BCUT2D eigenvalue weighted by atomic mass is 10.3. The summed E-state index contributed by atoms with van der Waals surface area (Å²) in [6, 6.07) is 0. The minimum Gasteiger partial charge on any atom is -0.339 e. The Bertz CT molecular complexity index is 305. The van der Waals surface area contributed by atoms with Crippen LogP contribution in [0, 0.1) is 0 Å². The zero-order valence-electron chi connectivity index (χ0n) is 8.56. The van der Waals surface area contributed by atoms with Crippen molar-refractivity contribution in [3.05, 3.63) is 0 Å². The number of amides is 1. The molecule has 0 spiro atoms. The highest BCUT2D eigenvalue weighted by molar-refractivity contribution is 7.91. The summed E-state index contributed by atoms with van der Waals surface area (Å²) in [6.45, 7) is 2.89. The maximum absolute atomic E-state index is 11.4. The average Bonchev–Trinajstić information content (AvgIpc) is 2.02. The minimum absolute atomic E-state index is 0.277. The molecule has 0 aromatic heterocycles. The number of rotatable bonds is 2. The Balaban J connectivity index is 2.46. The van der Waals surface area contributed by atoms with Crippen molar-refractivity contribution in [1.29, 1.82) is 0 Å². The Labute approximate surface area is 84.6 Å². The summed E-state index contributed by atoms with van der Waals surface area (Å²) >= 11 is 0. The van der Waals surface area contributed by atoms with Crippen LogP contribution in [0.1, 0.15) is 0 Å². The molecule has 5 nitrogen and oxygen atoms in total. The molecule has 1 aliphatic heterocycles. The topological polar surface area (TPSA) is 57.7 Å². The smallest absolute Gasteiger partial charge is 0.237 e. The maximum atomic E-state index is 11.4. The Morgan fingerprint density at radius 2 is 1.71 bits per heavy atom. The van der Waals surface area contributed by atoms with Gasteiger partial charge < -0.3 is 9.80 Å². The van der Waals surface area contributed by atoms with E-state index in [-0.39, 0.29) is 11.7 Å². The third-order valence-electron chi connectivity index (χ3n) is 2.24. The van der Waals surface area contributed by atoms with E-state index in [1.165, 1.54) is 0 Å². The van der Waals surface area contributed by atoms with Gasteiger partial charge in [-0.3, -0.25) is 4.79 Å². The van der Waals surface area contributed by atoms with E-state index in [1.807, 2.05) is 7.05 Å². The van der Waals surface area contributed by atoms with Gasteiger partial charge in [0.05, 0.1) is 0 Å². The number of hydrogen-bond donors (Lipinski definition) is 0. The SMILES string of the molecule is CN1CCN(C(=O)CS(C)(=O)=O)CC1. The van der Waals surface area contributed by atoms with Crippen molar-refractivity contribution in [1.82, 2.24) is 9.80 Å². The summed E-state index contributed by atoms with van der Waals surface area (Å²) in [4.78, 5) is 15.2. The van der Waals surface area contributed by atoms with Crippen LogP contribution in [-0.4, -0.2) is 69.4 Å². The van der Waals surface area contributed by atoms with Gasteiger partial charge in [0.25, 0.3) is 0 Å². The van der Waals surface area contributed by atoms with Gasteiger partial charge in [-0.1, -0.05) is 0 Å². The number of likely N-dealkylation sites (N-methyl/N-ethyl adjacent to an activating group) is 1. The Morgan fingerprint density at radius 3 is 2.14 bits per heavy atom. The summed E-state index contributed by atoms with van der Waals surface area (Å²) in [7, 11) is -1.21. The number of hydrogen-bond acceptors (Lipinski definition) is 4. The molecule has 0 aliphatic carbocycles. The monoisotopic (exact) mass is 220 g/mol. The van der Waals surface area contributed by atoms with Gasteiger partial charge in [0.2, 0.25) is 5.91 Å². The van der Waals surface area contributed by atoms with Crippen molar-refractivity contribution in [2.75, 3.05) is 45.2 Å². The fourth-order valence-corrected chi connectivity index (χ4v) is 2.00. The first kappa shape index (κ1) is 11.5. The maximum Gasteiger partial charge on any atom is 0.237 e. The van der Waals surface area contributed by atoms with E-state index in [4.69, 9.17) is 0 Å². The number of nitrogens with zero attached hydrogens (tertiary/aromatic N) is 2. The van der Waals surface area contributed by atoms with Gasteiger partial charge >= 0.3 is 0 Å². The van der Waals surface area contributed by atoms with E-state index in [9.17, 15) is 13.2 Å². The van der Waals surface area contributed by atoms with Gasteiger partial charge in [-0.15, -0.1) is 0 Å². The van der Waals surface area contributed by atoms with Crippen LogP contribution in [0.3, 0.4) is 0 Å². The fraction of sp³-hybridized carbons (Fsp3) is 0.875. The molecule has 1 rings (SSSR count). The molecule has 1 saturated heterocycles. The van der Waals surface area contributed by atoms with Crippen molar-refractivity contribution < 1.29 is 13.2 Å². The average molecular weight is 220 g/mol. The van der Waals surface area contributed by atoms with E-state index >= 15 is 0 Å². The van der Waals surface area contributed by atoms with Gasteiger partial charge in [0.15, 0.2) is 9.84 Å². The van der Waals surface area contributed by atoms with Crippen molar-refractivity contribution in [2.45, 2.75) is 0 Å². The van der Waals surface area contributed by atoms with Crippen molar-refractivity contribution >= 4 is 15.7 Å². The molecule has 1 aliphatic rings. The molecule has 0 aromatic carbocycles. The summed E-state index contributed by atoms with van der Waals surface area (Å²) in [5.41, 5.74) is 0. The van der Waals surface area contributed by atoms with E-state index in [0.29, 0.717) is 13.1 Å². The first-order chi connectivity index (χ1) is 6.38. The van der Waals surface area contributed by atoms with E-state index in [0.717, 1.165) is 19.3 Å². The van der Waals surface area contributed by atoms with Crippen LogP contribution in [0.15, 0.2) is 0 Å². The van der Waals surface area contributed by atoms with E-state index < -0.39 is 9.84 Å². The van der Waals surface area contributed by atoms with Crippen LogP contribution < -0.4 is 0 Å². The van der Waals surface area contributed by atoms with Gasteiger partial charge in [0.1, 0.15) is 5.75 Å². The molecule has 0 N–H and O–H groups in total. The normalized spacial score (nSPS) is 19.7. The third-order valence-corrected chi connectivity index (χ3v) is 3.01. The first-order valence-electron chi connectivity index (χ1n) is 4.52. The molecule has 14 heavy (non-hydrogen) atoms. The molecule has 6 heteroatoms. The van der Waals surface area contributed by atoms with Crippen molar-refractivity contribution in [2.24, 2.45) is 0 Å². The van der Waals surface area contributed by atoms with Gasteiger partial charge in [0, 0.05) is 32.4 Å². The zero-order valence-corrected chi connectivity index (χ0v) is 9.38. The molecule has 0 saturated carbocycles. The molecule has 0 radical (unpaired) electrons. The van der Waals surface area contributed by atoms with Crippen LogP contribution in [0.5, 0.6) is 0 Å². The lowest BCUT2D eigenvalue weighted by Gasteiger charge is -2.32. The third kappa shape index (κ3) is 3.63. The molecule has 0 atom stereocenters. The second-order valence-corrected chi connectivity index (χ2v) is 5.89. The molecule has 1 heterocycles. The van der Waals surface area contributed by atoms with Gasteiger partial charge in [-0.25, -0.2) is 8.42 Å². The summed E-state index contributed by atoms with van der Waals surface area (Å²) < 4.78 is 21.8. The largest absolute Gasteiger partial charge is 0.339 e. The summed E-state index contributed by atoms with van der Waals surface area (Å²) in [5.74, 6) is -0.642. The lowest BCUT2D eigenvalue weighted by Crippen LogP contribution is -2.48. The van der Waals surface area contributed by atoms with Gasteiger partial charge in [-0.2, -0.15) is 0 Å². The van der Waals surface area contributed by atoms with Crippen molar-refractivity contribution in [3.63, 3.8) is 0 Å². The molecule has 0 aromatic rings. The molecule has 0 bridgehead atoms. The number of sulfone groups is 1. The number of piperazine rings is 1. The van der Waals surface area contributed by atoms with Crippen molar-refractivity contribution in [3.8, 4) is 0 Å². The zero-order chi connectivity index (χ0) is 10.8. The minimum atomic E-state index is -3.19. The lowest BCUT2D eigenvalue weighted by molar-refractivity contribution is -0.129. The highest BCUT2D eigenvalue weighted by atomic mass is 32.2. The second kappa shape index (κ2) is 4.27.